The second-order valence-corrected chi connectivity index (χ2v) is 8.66. The molecule has 0 unspecified atom stereocenters. The number of hydrogen-bond acceptors (Lipinski definition) is 6. The summed E-state index contributed by atoms with van der Waals surface area (Å²) in [6.07, 6.45) is 0.918. The number of ether oxygens (including phenoxy) is 3. The fourth-order valence-electron chi connectivity index (χ4n) is 2.33. The molecule has 0 N–H and O–H groups in total. The van der Waals surface area contributed by atoms with E-state index in [4.69, 9.17) is 14.2 Å². The molecule has 25 heavy (non-hydrogen) atoms. The van der Waals surface area contributed by atoms with Gasteiger partial charge >= 0.3 is 6.09 Å². The van der Waals surface area contributed by atoms with Crippen molar-refractivity contribution in [2.45, 2.75) is 31.3 Å². The Morgan fingerprint density at radius 2 is 1.88 bits per heavy atom. The van der Waals surface area contributed by atoms with Gasteiger partial charge in [-0.25, -0.2) is 17.8 Å². The number of nitrogens with zero attached hydrogens (tertiary/aromatic N) is 1. The van der Waals surface area contributed by atoms with E-state index in [2.05, 4.69) is 0 Å². The summed E-state index contributed by atoms with van der Waals surface area (Å²) in [5, 5.41) is 1.19. The van der Waals surface area contributed by atoms with Gasteiger partial charge in [-0.05, 0) is 39.0 Å². The minimum absolute atomic E-state index is 0.112. The van der Waals surface area contributed by atoms with Crippen LogP contribution in [0.15, 0.2) is 29.3 Å². The molecule has 0 aliphatic carbocycles. The molecule has 0 fully saturated rings. The molecular weight excluding hydrogens is 346 g/mol. The predicted molar refractivity (Wildman–Crippen MR) is 94.1 cm³/mol. The fourth-order valence-corrected chi connectivity index (χ4v) is 3.53. The Balaban J connectivity index is 2.49. The Morgan fingerprint density at radius 1 is 1.20 bits per heavy atom. The summed E-state index contributed by atoms with van der Waals surface area (Å²) in [6.45, 7) is 5.41. The van der Waals surface area contributed by atoms with Crippen LogP contribution in [0.25, 0.3) is 10.8 Å². The van der Waals surface area contributed by atoms with Gasteiger partial charge in [-0.1, -0.05) is 0 Å². The van der Waals surface area contributed by atoms with Crippen LogP contribution in [0.4, 0.5) is 4.79 Å². The summed E-state index contributed by atoms with van der Waals surface area (Å²) in [7, 11) is -0.572. The van der Waals surface area contributed by atoms with E-state index in [1.165, 1.54) is 37.1 Å². The highest BCUT2D eigenvalue weighted by Crippen LogP contribution is 2.31. The van der Waals surface area contributed by atoms with E-state index in [-0.39, 0.29) is 17.3 Å². The Bertz CT molecular complexity index is 876. The lowest BCUT2D eigenvalue weighted by atomic mass is 10.2. The molecule has 1 heterocycles. The molecule has 1 aromatic heterocycles. The second kappa shape index (κ2) is 7.05. The summed E-state index contributed by atoms with van der Waals surface area (Å²) in [5.74, 6) is 0.184. The minimum Gasteiger partial charge on any atom is -0.481 e. The molecule has 0 aliphatic rings. The molecule has 0 aliphatic heterocycles. The average Bonchev–Trinajstić information content (AvgIpc) is 2.89. The number of hydrogen-bond donors (Lipinski definition) is 0. The Hall–Kier alpha value is -2.06. The number of aromatic nitrogens is 1. The third-order valence-electron chi connectivity index (χ3n) is 3.44. The normalized spacial score (nSPS) is 12.4. The third-order valence-corrected chi connectivity index (χ3v) is 5.12. The standard InChI is InChI=1S/C17H23NO6S/c1-17(2,3)24-16(19)18-11-12-10-13(25(20,21)9-8-22-4)6-7-14(12)15(18)23-5/h6-7,10-11H,8-9H2,1-5H3. The highest BCUT2D eigenvalue weighted by atomic mass is 32.2. The molecule has 0 amide bonds. The summed E-state index contributed by atoms with van der Waals surface area (Å²) in [5.41, 5.74) is -0.660. The molecule has 0 saturated heterocycles. The molecule has 2 rings (SSSR count). The maximum atomic E-state index is 12.4. The number of methoxy groups -OCH3 is 2. The van der Waals surface area contributed by atoms with Gasteiger partial charge < -0.3 is 14.2 Å². The van der Waals surface area contributed by atoms with Crippen LogP contribution in [0.5, 0.6) is 5.88 Å². The molecule has 1 aromatic carbocycles. The first kappa shape index (κ1) is 19.3. The second-order valence-electron chi connectivity index (χ2n) is 6.55. The van der Waals surface area contributed by atoms with E-state index in [9.17, 15) is 13.2 Å². The lowest BCUT2D eigenvalue weighted by molar-refractivity contribution is 0.0525. The van der Waals surface area contributed by atoms with Gasteiger partial charge in [-0.3, -0.25) is 0 Å². The van der Waals surface area contributed by atoms with Crippen molar-refractivity contribution < 1.29 is 27.4 Å². The van der Waals surface area contributed by atoms with Crippen molar-refractivity contribution in [1.82, 2.24) is 4.57 Å². The average molecular weight is 369 g/mol. The monoisotopic (exact) mass is 369 g/mol. The maximum Gasteiger partial charge on any atom is 0.421 e. The number of fused-ring (bicyclic) bond motifs is 1. The molecule has 0 bridgehead atoms. The van der Waals surface area contributed by atoms with Gasteiger partial charge in [-0.2, -0.15) is 0 Å². The van der Waals surface area contributed by atoms with E-state index in [0.29, 0.717) is 16.7 Å². The van der Waals surface area contributed by atoms with Crippen LogP contribution in [0, 0.1) is 0 Å². The first-order valence-electron chi connectivity index (χ1n) is 7.73. The van der Waals surface area contributed by atoms with Gasteiger partial charge in [-0.15, -0.1) is 0 Å². The van der Waals surface area contributed by atoms with Crippen LogP contribution in [0.1, 0.15) is 20.8 Å². The van der Waals surface area contributed by atoms with Crippen molar-refractivity contribution in [3.63, 3.8) is 0 Å². The van der Waals surface area contributed by atoms with E-state index >= 15 is 0 Å². The first-order valence-corrected chi connectivity index (χ1v) is 9.38. The van der Waals surface area contributed by atoms with E-state index < -0.39 is 21.5 Å². The zero-order valence-electron chi connectivity index (χ0n) is 15.0. The highest BCUT2D eigenvalue weighted by Gasteiger charge is 2.23. The summed E-state index contributed by atoms with van der Waals surface area (Å²) in [4.78, 5) is 12.5. The van der Waals surface area contributed by atoms with Crippen molar-refractivity contribution in [2.24, 2.45) is 0 Å². The van der Waals surface area contributed by atoms with Crippen molar-refractivity contribution in [3.05, 3.63) is 24.4 Å². The summed E-state index contributed by atoms with van der Waals surface area (Å²) in [6, 6.07) is 4.63. The number of rotatable bonds is 5. The van der Waals surface area contributed by atoms with E-state index in [0.717, 1.165) is 0 Å². The summed E-state index contributed by atoms with van der Waals surface area (Å²) >= 11 is 0. The number of benzene rings is 1. The van der Waals surface area contributed by atoms with Gasteiger partial charge in [0, 0.05) is 24.1 Å². The molecule has 2 aromatic rings. The van der Waals surface area contributed by atoms with Gasteiger partial charge in [0.25, 0.3) is 0 Å². The minimum atomic E-state index is -3.46. The Labute approximate surface area is 147 Å². The van der Waals surface area contributed by atoms with E-state index in [1.807, 2.05) is 0 Å². The van der Waals surface area contributed by atoms with Crippen LogP contribution < -0.4 is 4.74 Å². The maximum absolute atomic E-state index is 12.4. The first-order chi connectivity index (χ1) is 11.6. The largest absolute Gasteiger partial charge is 0.481 e. The van der Waals surface area contributed by atoms with Crippen molar-refractivity contribution in [1.29, 1.82) is 0 Å². The van der Waals surface area contributed by atoms with Crippen LogP contribution in [-0.2, 0) is 19.3 Å². The zero-order valence-corrected chi connectivity index (χ0v) is 15.8. The quantitative estimate of drug-likeness (QED) is 0.806. The van der Waals surface area contributed by atoms with E-state index in [1.54, 1.807) is 26.8 Å². The molecule has 0 saturated carbocycles. The van der Waals surface area contributed by atoms with Gasteiger partial charge in [0.15, 0.2) is 9.84 Å². The Morgan fingerprint density at radius 3 is 2.44 bits per heavy atom. The third kappa shape index (κ3) is 4.32. The molecule has 0 spiro atoms. The van der Waals surface area contributed by atoms with Gasteiger partial charge in [0.2, 0.25) is 5.88 Å². The molecule has 0 radical (unpaired) electrons. The number of carbonyl (C=O) groups is 1. The SMILES string of the molecule is COCCS(=O)(=O)c1ccc2c(OC)n(C(=O)OC(C)(C)C)cc2c1. The van der Waals surface area contributed by atoms with Crippen LogP contribution >= 0.6 is 0 Å². The van der Waals surface area contributed by atoms with Crippen LogP contribution in [-0.4, -0.2) is 51.3 Å². The lowest BCUT2D eigenvalue weighted by Gasteiger charge is -2.20. The van der Waals surface area contributed by atoms with Gasteiger partial charge in [0.05, 0.1) is 24.4 Å². The molecule has 138 valence electrons. The zero-order chi connectivity index (χ0) is 18.8. The topological polar surface area (TPSA) is 83.8 Å². The number of carbonyl (C=O) groups excluding carboxylic acids is 1. The van der Waals surface area contributed by atoms with Crippen molar-refractivity contribution in [3.8, 4) is 5.88 Å². The van der Waals surface area contributed by atoms with Crippen LogP contribution in [0.3, 0.4) is 0 Å². The number of sulfone groups is 1. The van der Waals surface area contributed by atoms with Crippen LogP contribution in [0.2, 0.25) is 0 Å². The van der Waals surface area contributed by atoms with Crippen molar-refractivity contribution >= 4 is 26.7 Å². The smallest absolute Gasteiger partial charge is 0.421 e. The Kier molecular flexibility index (Phi) is 5.43. The fraction of sp³-hybridized carbons (Fsp3) is 0.471. The van der Waals surface area contributed by atoms with Crippen molar-refractivity contribution in [2.75, 3.05) is 26.6 Å². The molecule has 8 heteroatoms. The molecule has 0 atom stereocenters. The van der Waals surface area contributed by atoms with Gasteiger partial charge in [0.1, 0.15) is 5.60 Å². The predicted octanol–water partition coefficient (Wildman–Crippen LogP) is 2.85. The lowest BCUT2D eigenvalue weighted by Crippen LogP contribution is -2.27. The molecule has 7 nitrogen and oxygen atoms in total. The molecular formula is C17H23NO6S. The highest BCUT2D eigenvalue weighted by molar-refractivity contribution is 7.91. The summed E-state index contributed by atoms with van der Waals surface area (Å²) < 4.78 is 41.4.